The summed E-state index contributed by atoms with van der Waals surface area (Å²) in [5, 5.41) is 16.9. The molecule has 5 rings (SSSR count). The molecule has 2 aromatic heterocycles. The van der Waals surface area contributed by atoms with Crippen molar-refractivity contribution >= 4 is 39.7 Å². The maximum absolute atomic E-state index is 13.4. The molecule has 0 bridgehead atoms. The van der Waals surface area contributed by atoms with Crippen LogP contribution >= 0.6 is 11.6 Å². The van der Waals surface area contributed by atoms with Gasteiger partial charge in [-0.05, 0) is 43.5 Å². The first-order chi connectivity index (χ1) is 19.5. The molecule has 2 aromatic carbocycles. The lowest BCUT2D eigenvalue weighted by Crippen LogP contribution is -2.36. The van der Waals surface area contributed by atoms with Gasteiger partial charge in [-0.1, -0.05) is 11.6 Å². The minimum atomic E-state index is -0.469. The van der Waals surface area contributed by atoms with Gasteiger partial charge in [0, 0.05) is 36.8 Å². The molecule has 0 unspecified atom stereocenters. The maximum Gasteiger partial charge on any atom is 0.163 e. The van der Waals surface area contributed by atoms with E-state index in [0.717, 1.165) is 44.3 Å². The van der Waals surface area contributed by atoms with Crippen LogP contribution in [0.4, 0.5) is 21.6 Å². The highest BCUT2D eigenvalue weighted by molar-refractivity contribution is 6.31. The summed E-state index contributed by atoms with van der Waals surface area (Å²) >= 11 is 5.83. The molecule has 10 nitrogen and oxygen atoms in total. The van der Waals surface area contributed by atoms with E-state index in [1.165, 1.54) is 18.5 Å². The maximum atomic E-state index is 13.4. The number of benzene rings is 2. The summed E-state index contributed by atoms with van der Waals surface area (Å²) in [4.78, 5) is 20.0. The van der Waals surface area contributed by atoms with E-state index in [0.29, 0.717) is 53.2 Å². The number of aliphatic hydroxyl groups is 1. The number of nitrogens with one attached hydrogen (secondary N) is 2. The zero-order valence-corrected chi connectivity index (χ0v) is 22.9. The Morgan fingerprint density at radius 1 is 1.05 bits per heavy atom. The smallest absolute Gasteiger partial charge is 0.163 e. The fraction of sp³-hybridized carbons (Fsp3) is 0.357. The predicted molar refractivity (Wildman–Crippen MR) is 152 cm³/mol. The van der Waals surface area contributed by atoms with Crippen molar-refractivity contribution in [1.29, 1.82) is 0 Å². The van der Waals surface area contributed by atoms with Crippen LogP contribution in [0, 0.1) is 5.82 Å². The predicted octanol–water partition coefficient (Wildman–Crippen LogP) is 4.80. The number of anilines is 3. The van der Waals surface area contributed by atoms with Crippen molar-refractivity contribution in [3.05, 3.63) is 65.7 Å². The van der Waals surface area contributed by atoms with Gasteiger partial charge < -0.3 is 30.1 Å². The van der Waals surface area contributed by atoms with Crippen molar-refractivity contribution in [3.8, 4) is 11.5 Å². The summed E-state index contributed by atoms with van der Waals surface area (Å²) in [5.41, 5.74) is 2.03. The second kappa shape index (κ2) is 13.0. The molecule has 0 radical (unpaired) electrons. The highest BCUT2D eigenvalue weighted by Crippen LogP contribution is 2.34. The van der Waals surface area contributed by atoms with Gasteiger partial charge in [-0.25, -0.2) is 24.3 Å². The molecule has 12 heteroatoms. The summed E-state index contributed by atoms with van der Waals surface area (Å²) in [6.07, 6.45) is 7.17. The van der Waals surface area contributed by atoms with Gasteiger partial charge in [0.25, 0.3) is 0 Å². The van der Waals surface area contributed by atoms with Crippen LogP contribution in [-0.2, 0) is 6.54 Å². The Balaban J connectivity index is 1.20. The highest BCUT2D eigenvalue weighted by atomic mass is 35.5. The Morgan fingerprint density at radius 3 is 2.60 bits per heavy atom. The summed E-state index contributed by atoms with van der Waals surface area (Å²) in [6.45, 7) is 3.66. The average Bonchev–Trinajstić information content (AvgIpc) is 2.97. The molecule has 0 aliphatic carbocycles. The van der Waals surface area contributed by atoms with E-state index < -0.39 is 5.82 Å². The lowest BCUT2D eigenvalue weighted by atomic mass is 10.1. The Kier molecular flexibility index (Phi) is 9.04. The molecule has 0 spiro atoms. The number of nitrogens with zero attached hydrogens (tertiary/aromatic N) is 5. The van der Waals surface area contributed by atoms with Crippen LogP contribution < -0.4 is 20.1 Å². The number of piperidine rings is 1. The number of rotatable bonds is 11. The van der Waals surface area contributed by atoms with Crippen molar-refractivity contribution in [2.24, 2.45) is 0 Å². The molecular formula is C28H31ClFN7O3. The third-order valence-electron chi connectivity index (χ3n) is 6.69. The van der Waals surface area contributed by atoms with Gasteiger partial charge >= 0.3 is 0 Å². The number of aliphatic hydroxyl groups excluding tert-OH is 1. The van der Waals surface area contributed by atoms with E-state index in [1.807, 2.05) is 12.1 Å². The normalized spacial score (nSPS) is 14.3. The van der Waals surface area contributed by atoms with Crippen LogP contribution in [0.15, 0.2) is 49.1 Å². The minimum absolute atomic E-state index is 0.0490. The topological polar surface area (TPSA) is 118 Å². The molecule has 4 aromatic rings. The monoisotopic (exact) mass is 567 g/mol. The molecular weight excluding hydrogens is 537 g/mol. The standard InChI is InChI=1S/C28H31ClFN7O3/c1-39-25-12-21-24(13-26(25)40-10-2-7-37-8-5-20(38)6-9-37)34-17-35-28(21)36-19-14-32-27(33-15-19)16-31-18-3-4-23(30)22(29)11-18/h3-4,11-15,17,20,31,38H,2,5-10,16H2,1H3,(H,34,35,36). The number of ether oxygens (including phenoxy) is 2. The van der Waals surface area contributed by atoms with E-state index in [-0.39, 0.29) is 11.1 Å². The van der Waals surface area contributed by atoms with Gasteiger partial charge in [0.2, 0.25) is 0 Å². The zero-order valence-electron chi connectivity index (χ0n) is 22.1. The number of hydrogen-bond acceptors (Lipinski definition) is 10. The van der Waals surface area contributed by atoms with Crippen molar-refractivity contribution in [2.75, 3.05) is 44.0 Å². The van der Waals surface area contributed by atoms with E-state index in [9.17, 15) is 9.50 Å². The quantitative estimate of drug-likeness (QED) is 0.218. The van der Waals surface area contributed by atoms with Crippen LogP contribution in [0.2, 0.25) is 5.02 Å². The van der Waals surface area contributed by atoms with Crippen LogP contribution in [0.25, 0.3) is 10.9 Å². The van der Waals surface area contributed by atoms with Crippen molar-refractivity contribution in [1.82, 2.24) is 24.8 Å². The molecule has 3 heterocycles. The van der Waals surface area contributed by atoms with E-state index in [2.05, 4.69) is 35.5 Å². The molecule has 1 fully saturated rings. The van der Waals surface area contributed by atoms with Gasteiger partial charge in [-0.15, -0.1) is 0 Å². The second-order valence-corrected chi connectivity index (χ2v) is 9.92. The summed E-state index contributed by atoms with van der Waals surface area (Å²) in [5.74, 6) is 1.88. The largest absolute Gasteiger partial charge is 0.493 e. The summed E-state index contributed by atoms with van der Waals surface area (Å²) in [6, 6.07) is 8.13. The fourth-order valence-electron chi connectivity index (χ4n) is 4.48. The first-order valence-electron chi connectivity index (χ1n) is 13.1. The number of fused-ring (bicyclic) bond motifs is 1. The van der Waals surface area contributed by atoms with E-state index in [1.54, 1.807) is 25.6 Å². The summed E-state index contributed by atoms with van der Waals surface area (Å²) in [7, 11) is 1.60. The minimum Gasteiger partial charge on any atom is -0.493 e. The Hall–Kier alpha value is -3.80. The van der Waals surface area contributed by atoms with Crippen molar-refractivity contribution in [2.45, 2.75) is 31.9 Å². The molecule has 40 heavy (non-hydrogen) atoms. The summed E-state index contributed by atoms with van der Waals surface area (Å²) < 4.78 is 25.0. The Labute approximate surface area is 236 Å². The van der Waals surface area contributed by atoms with Gasteiger partial charge in [0.05, 0.1) is 55.0 Å². The van der Waals surface area contributed by atoms with Crippen LogP contribution in [0.1, 0.15) is 25.1 Å². The first-order valence-corrected chi connectivity index (χ1v) is 13.5. The first kappa shape index (κ1) is 27.8. The van der Waals surface area contributed by atoms with Crippen molar-refractivity contribution < 1.29 is 19.0 Å². The molecule has 1 aliphatic heterocycles. The van der Waals surface area contributed by atoms with Crippen LogP contribution in [0.5, 0.6) is 11.5 Å². The number of likely N-dealkylation sites (tertiary alicyclic amines) is 1. The lowest BCUT2D eigenvalue weighted by molar-refractivity contribution is 0.0799. The molecule has 1 aliphatic rings. The molecule has 0 atom stereocenters. The molecule has 1 saturated heterocycles. The molecule has 210 valence electrons. The zero-order chi connectivity index (χ0) is 27.9. The SMILES string of the molecule is COc1cc2c(Nc3cnc(CNc4ccc(F)c(Cl)c4)nc3)ncnc2cc1OCCCN1CCC(O)CC1. The van der Waals surface area contributed by atoms with E-state index >= 15 is 0 Å². The van der Waals surface area contributed by atoms with Crippen LogP contribution in [0.3, 0.4) is 0 Å². The Bertz CT molecular complexity index is 1440. The van der Waals surface area contributed by atoms with Gasteiger partial charge in [0.15, 0.2) is 11.5 Å². The fourth-order valence-corrected chi connectivity index (χ4v) is 4.66. The third-order valence-corrected chi connectivity index (χ3v) is 6.98. The Morgan fingerprint density at radius 2 is 1.85 bits per heavy atom. The van der Waals surface area contributed by atoms with Crippen LogP contribution in [-0.4, -0.2) is 69.4 Å². The van der Waals surface area contributed by atoms with Gasteiger partial charge in [-0.3, -0.25) is 0 Å². The lowest BCUT2D eigenvalue weighted by Gasteiger charge is -2.29. The molecule has 0 saturated carbocycles. The van der Waals surface area contributed by atoms with Gasteiger partial charge in [0.1, 0.15) is 23.8 Å². The number of hydrogen-bond donors (Lipinski definition) is 3. The van der Waals surface area contributed by atoms with Gasteiger partial charge in [-0.2, -0.15) is 0 Å². The molecule has 0 amide bonds. The third kappa shape index (κ3) is 7.04. The van der Waals surface area contributed by atoms with Crippen molar-refractivity contribution in [3.63, 3.8) is 0 Å². The van der Waals surface area contributed by atoms with E-state index in [4.69, 9.17) is 21.1 Å². The number of halogens is 2. The molecule has 3 N–H and O–H groups in total. The highest BCUT2D eigenvalue weighted by Gasteiger charge is 2.17. The average molecular weight is 568 g/mol. The number of methoxy groups -OCH3 is 1. The number of aromatic nitrogens is 4. The second-order valence-electron chi connectivity index (χ2n) is 9.51.